The van der Waals surface area contributed by atoms with E-state index in [0.29, 0.717) is 0 Å². The Morgan fingerprint density at radius 1 is 1.13 bits per heavy atom. The van der Waals surface area contributed by atoms with Crippen LogP contribution in [0.5, 0.6) is 0 Å². The molecule has 1 aliphatic carbocycles. The van der Waals surface area contributed by atoms with Crippen molar-refractivity contribution in [2.45, 2.75) is 55.8 Å². The third kappa shape index (κ3) is 3.34. The quantitative estimate of drug-likeness (QED) is 0.806. The highest BCUT2D eigenvalue weighted by molar-refractivity contribution is 7.89. The van der Waals surface area contributed by atoms with Gasteiger partial charge in [-0.2, -0.15) is 0 Å². The molecule has 3 rings (SSSR count). The van der Waals surface area contributed by atoms with Gasteiger partial charge in [0.15, 0.2) is 5.79 Å². The van der Waals surface area contributed by atoms with Crippen molar-refractivity contribution in [2.24, 2.45) is 0 Å². The molecule has 6 nitrogen and oxygen atoms in total. The summed E-state index contributed by atoms with van der Waals surface area (Å²) < 4.78 is 39.2. The number of fused-ring (bicyclic) bond motifs is 1. The van der Waals surface area contributed by atoms with Gasteiger partial charge >= 0.3 is 0 Å². The van der Waals surface area contributed by atoms with Crippen molar-refractivity contribution in [1.29, 1.82) is 0 Å². The number of ether oxygens (including phenoxy) is 2. The summed E-state index contributed by atoms with van der Waals surface area (Å²) in [5.74, 6) is -0.822. The second kappa shape index (κ2) is 5.68. The van der Waals surface area contributed by atoms with Crippen LogP contribution in [0.2, 0.25) is 0 Å². The van der Waals surface area contributed by atoms with Crippen molar-refractivity contribution in [1.82, 2.24) is 4.72 Å². The highest BCUT2D eigenvalue weighted by atomic mass is 32.2. The Bertz CT molecular complexity index is 710. The third-order valence-electron chi connectivity index (χ3n) is 4.01. The summed E-state index contributed by atoms with van der Waals surface area (Å²) in [6.07, 6.45) is 1.30. The molecular weight excluding hydrogens is 318 g/mol. The van der Waals surface area contributed by atoms with Gasteiger partial charge in [-0.25, -0.2) is 13.1 Å². The van der Waals surface area contributed by atoms with E-state index >= 15 is 0 Å². The molecule has 7 heteroatoms. The van der Waals surface area contributed by atoms with Gasteiger partial charge in [0.05, 0.1) is 17.0 Å². The van der Waals surface area contributed by atoms with Gasteiger partial charge < -0.3 is 14.6 Å². The number of hydrogen-bond donors (Lipinski definition) is 2. The zero-order chi connectivity index (χ0) is 16.8. The summed E-state index contributed by atoms with van der Waals surface area (Å²) in [7, 11) is -3.76. The second-order valence-corrected chi connectivity index (χ2v) is 8.11. The summed E-state index contributed by atoms with van der Waals surface area (Å²) in [4.78, 5) is 0.152. The molecule has 23 heavy (non-hydrogen) atoms. The van der Waals surface area contributed by atoms with E-state index in [9.17, 15) is 13.5 Å². The molecule has 1 aromatic carbocycles. The van der Waals surface area contributed by atoms with Crippen molar-refractivity contribution in [2.75, 3.05) is 0 Å². The number of nitrogens with one attached hydrogen (secondary N) is 1. The van der Waals surface area contributed by atoms with E-state index in [1.54, 1.807) is 32.1 Å². The Morgan fingerprint density at radius 3 is 2.43 bits per heavy atom. The minimum Gasteiger partial charge on any atom is -0.387 e. The average Bonchev–Trinajstić information content (AvgIpc) is 2.77. The van der Waals surface area contributed by atoms with Crippen LogP contribution in [-0.2, 0) is 19.5 Å². The lowest BCUT2D eigenvalue weighted by Crippen LogP contribution is -2.55. The predicted octanol–water partition coefficient (Wildman–Crippen LogP) is 1.09. The minimum absolute atomic E-state index is 0.152. The first-order chi connectivity index (χ1) is 10.7. The van der Waals surface area contributed by atoms with Crippen LogP contribution in [0.4, 0.5) is 0 Å². The van der Waals surface area contributed by atoms with Crippen LogP contribution in [0.15, 0.2) is 41.3 Å². The number of rotatable bonds is 3. The van der Waals surface area contributed by atoms with Gasteiger partial charge in [-0.15, -0.1) is 0 Å². The van der Waals surface area contributed by atoms with Gasteiger partial charge in [0.1, 0.15) is 12.2 Å². The molecule has 0 unspecified atom stereocenters. The Kier molecular flexibility index (Phi) is 4.10. The van der Waals surface area contributed by atoms with Crippen molar-refractivity contribution >= 4 is 10.0 Å². The van der Waals surface area contributed by atoms with Crippen molar-refractivity contribution in [3.8, 4) is 0 Å². The first-order valence-electron chi connectivity index (χ1n) is 7.49. The van der Waals surface area contributed by atoms with Crippen LogP contribution in [-0.4, -0.2) is 43.7 Å². The lowest BCUT2D eigenvalue weighted by Gasteiger charge is -2.32. The van der Waals surface area contributed by atoms with Crippen molar-refractivity contribution in [3.63, 3.8) is 0 Å². The third-order valence-corrected chi connectivity index (χ3v) is 5.48. The SMILES string of the molecule is Cc1ccc(S(=O)(=O)N[C@@H]2[C@H]3OC(C)(C)O[C@H]3C=C[C@@H]2O)cc1. The normalized spacial score (nSPS) is 32.7. The molecule has 0 saturated carbocycles. The number of benzene rings is 1. The smallest absolute Gasteiger partial charge is 0.241 e. The van der Waals surface area contributed by atoms with E-state index in [1.807, 2.05) is 6.92 Å². The Hall–Kier alpha value is -1.25. The molecule has 1 heterocycles. The van der Waals surface area contributed by atoms with E-state index in [2.05, 4.69) is 4.72 Å². The number of sulfonamides is 1. The van der Waals surface area contributed by atoms with E-state index in [-0.39, 0.29) is 11.0 Å². The Labute approximate surface area is 136 Å². The van der Waals surface area contributed by atoms with Crippen LogP contribution < -0.4 is 4.72 Å². The molecule has 4 atom stereocenters. The molecular formula is C16H21NO5S. The van der Waals surface area contributed by atoms with Crippen LogP contribution >= 0.6 is 0 Å². The standard InChI is InChI=1S/C16H21NO5S/c1-10-4-6-11(7-5-10)23(19,20)17-14-12(18)8-9-13-15(14)22-16(2,3)21-13/h4-9,12-15,17-18H,1-3H3/t12-,13-,14-,15-/m0/s1. The molecule has 0 bridgehead atoms. The molecule has 0 aromatic heterocycles. The average molecular weight is 339 g/mol. The second-order valence-electron chi connectivity index (χ2n) is 6.40. The summed E-state index contributed by atoms with van der Waals surface area (Å²) in [5, 5.41) is 10.2. The molecule has 1 fully saturated rings. The fourth-order valence-electron chi connectivity index (χ4n) is 2.88. The molecule has 1 aliphatic heterocycles. The molecule has 0 spiro atoms. The summed E-state index contributed by atoms with van der Waals surface area (Å²) in [5.41, 5.74) is 0.971. The van der Waals surface area contributed by atoms with E-state index in [1.165, 1.54) is 18.2 Å². The lowest BCUT2D eigenvalue weighted by atomic mass is 9.95. The van der Waals surface area contributed by atoms with Crippen LogP contribution in [0.1, 0.15) is 19.4 Å². The molecule has 126 valence electrons. The molecule has 1 saturated heterocycles. The number of aryl methyl sites for hydroxylation is 1. The molecule has 0 amide bonds. The highest BCUT2D eigenvalue weighted by Crippen LogP contribution is 2.34. The fraction of sp³-hybridized carbons (Fsp3) is 0.500. The number of aliphatic hydroxyl groups is 1. The van der Waals surface area contributed by atoms with Gasteiger partial charge in [-0.1, -0.05) is 29.8 Å². The van der Waals surface area contributed by atoms with E-state index in [0.717, 1.165) is 5.56 Å². The molecule has 0 radical (unpaired) electrons. The fourth-order valence-corrected chi connectivity index (χ4v) is 4.14. The Morgan fingerprint density at radius 2 is 1.78 bits per heavy atom. The highest BCUT2D eigenvalue weighted by Gasteiger charge is 2.49. The van der Waals surface area contributed by atoms with E-state index < -0.39 is 34.1 Å². The molecule has 1 aromatic rings. The summed E-state index contributed by atoms with van der Waals surface area (Å²) >= 11 is 0. The van der Waals surface area contributed by atoms with Crippen molar-refractivity contribution in [3.05, 3.63) is 42.0 Å². The maximum Gasteiger partial charge on any atom is 0.241 e. The number of aliphatic hydroxyl groups excluding tert-OH is 1. The van der Waals surface area contributed by atoms with Crippen LogP contribution in [0.3, 0.4) is 0 Å². The van der Waals surface area contributed by atoms with Crippen molar-refractivity contribution < 1.29 is 23.0 Å². The van der Waals surface area contributed by atoms with Gasteiger partial charge in [0.25, 0.3) is 0 Å². The summed E-state index contributed by atoms with van der Waals surface area (Å²) in [6.45, 7) is 5.41. The zero-order valence-corrected chi connectivity index (χ0v) is 14.1. The monoisotopic (exact) mass is 339 g/mol. The van der Waals surface area contributed by atoms with Gasteiger partial charge in [0.2, 0.25) is 10.0 Å². The largest absolute Gasteiger partial charge is 0.387 e. The topological polar surface area (TPSA) is 84.9 Å². The van der Waals surface area contributed by atoms with Gasteiger partial charge in [-0.3, -0.25) is 0 Å². The van der Waals surface area contributed by atoms with Crippen LogP contribution in [0.25, 0.3) is 0 Å². The molecule has 2 N–H and O–H groups in total. The van der Waals surface area contributed by atoms with Crippen LogP contribution in [0, 0.1) is 6.92 Å². The van der Waals surface area contributed by atoms with Gasteiger partial charge in [0, 0.05) is 0 Å². The first-order valence-corrected chi connectivity index (χ1v) is 8.97. The zero-order valence-electron chi connectivity index (χ0n) is 13.3. The lowest BCUT2D eigenvalue weighted by molar-refractivity contribution is -0.146. The summed E-state index contributed by atoms with van der Waals surface area (Å²) in [6, 6.07) is 5.73. The Balaban J connectivity index is 1.86. The predicted molar refractivity (Wildman–Crippen MR) is 84.3 cm³/mol. The minimum atomic E-state index is -3.76. The van der Waals surface area contributed by atoms with Gasteiger partial charge in [-0.05, 0) is 32.9 Å². The number of hydrogen-bond acceptors (Lipinski definition) is 5. The van der Waals surface area contributed by atoms with E-state index in [4.69, 9.17) is 9.47 Å². The maximum absolute atomic E-state index is 12.6. The maximum atomic E-state index is 12.6. The molecule has 2 aliphatic rings. The first kappa shape index (κ1) is 16.6.